The molecular formula is C9H14N4O4. The van der Waals surface area contributed by atoms with Gasteiger partial charge in [-0.25, -0.2) is 9.48 Å². The Morgan fingerprint density at radius 2 is 2.06 bits per heavy atom. The Balaban J connectivity index is 2.47. The maximum atomic E-state index is 11.1. The van der Waals surface area contributed by atoms with Gasteiger partial charge < -0.3 is 9.47 Å². The maximum absolute atomic E-state index is 11.1. The van der Waals surface area contributed by atoms with Gasteiger partial charge >= 0.3 is 12.1 Å². The summed E-state index contributed by atoms with van der Waals surface area (Å²) < 4.78 is 10.7. The van der Waals surface area contributed by atoms with Crippen molar-refractivity contribution < 1.29 is 19.1 Å². The lowest BCUT2D eigenvalue weighted by Crippen LogP contribution is -2.14. The molecule has 0 radical (unpaired) electrons. The Labute approximate surface area is 97.9 Å². The van der Waals surface area contributed by atoms with Gasteiger partial charge in [-0.2, -0.15) is 0 Å². The summed E-state index contributed by atoms with van der Waals surface area (Å²) in [5.74, 6) is -0.201. The van der Waals surface area contributed by atoms with Crippen LogP contribution in [0.2, 0.25) is 0 Å². The number of aromatic nitrogens is 3. The molecule has 0 saturated carbocycles. The smallest absolute Gasteiger partial charge is 0.412 e. The van der Waals surface area contributed by atoms with Crippen LogP contribution in [0.1, 0.15) is 13.8 Å². The molecule has 17 heavy (non-hydrogen) atoms. The van der Waals surface area contributed by atoms with Crippen LogP contribution >= 0.6 is 0 Å². The molecule has 0 aliphatic carbocycles. The summed E-state index contributed by atoms with van der Waals surface area (Å²) in [5.41, 5.74) is 0. The van der Waals surface area contributed by atoms with Crippen LogP contribution in [0.25, 0.3) is 0 Å². The third-order valence-corrected chi connectivity index (χ3v) is 1.64. The predicted molar refractivity (Wildman–Crippen MR) is 57.3 cm³/mol. The topological polar surface area (TPSA) is 95.3 Å². The minimum absolute atomic E-state index is 0.0503. The van der Waals surface area contributed by atoms with Crippen LogP contribution in [0, 0.1) is 0 Å². The van der Waals surface area contributed by atoms with Crippen LogP contribution in [0.15, 0.2) is 6.20 Å². The molecule has 0 bridgehead atoms. The monoisotopic (exact) mass is 242 g/mol. The maximum Gasteiger partial charge on any atom is 0.412 e. The first kappa shape index (κ1) is 12.9. The van der Waals surface area contributed by atoms with Gasteiger partial charge in [0.15, 0.2) is 5.82 Å². The minimum atomic E-state index is -0.615. The lowest BCUT2D eigenvalue weighted by Gasteiger charge is -2.01. The second-order valence-corrected chi connectivity index (χ2v) is 2.95. The van der Waals surface area contributed by atoms with E-state index in [9.17, 15) is 9.59 Å². The number of esters is 1. The average molecular weight is 242 g/mol. The van der Waals surface area contributed by atoms with E-state index in [1.807, 2.05) is 0 Å². The van der Waals surface area contributed by atoms with Gasteiger partial charge in [0.05, 0.1) is 19.4 Å². The summed E-state index contributed by atoms with van der Waals surface area (Å²) in [7, 11) is 0. The van der Waals surface area contributed by atoms with Crippen molar-refractivity contribution in [3.05, 3.63) is 6.20 Å². The lowest BCUT2D eigenvalue weighted by molar-refractivity contribution is -0.144. The Bertz CT molecular complexity index is 356. The Kier molecular flexibility index (Phi) is 4.92. The fourth-order valence-electron chi connectivity index (χ4n) is 1.04. The van der Waals surface area contributed by atoms with Crippen LogP contribution in [0.5, 0.6) is 0 Å². The quantitative estimate of drug-likeness (QED) is 0.751. The number of carbonyl (C=O) groups is 2. The number of rotatable bonds is 5. The molecular weight excluding hydrogens is 228 g/mol. The van der Waals surface area contributed by atoms with E-state index in [1.54, 1.807) is 13.8 Å². The second kappa shape index (κ2) is 6.46. The molecule has 0 aliphatic rings. The molecule has 0 unspecified atom stereocenters. The summed E-state index contributed by atoms with van der Waals surface area (Å²) in [6, 6.07) is 0. The van der Waals surface area contributed by atoms with Crippen LogP contribution in [0.4, 0.5) is 10.6 Å². The number of nitrogens with zero attached hydrogens (tertiary/aromatic N) is 3. The Morgan fingerprint density at radius 1 is 1.35 bits per heavy atom. The molecule has 1 aromatic heterocycles. The van der Waals surface area contributed by atoms with E-state index in [0.717, 1.165) is 0 Å². The minimum Gasteiger partial charge on any atom is -0.465 e. The number of anilines is 1. The predicted octanol–water partition coefficient (Wildman–Crippen LogP) is 0.410. The largest absolute Gasteiger partial charge is 0.465 e. The molecule has 1 rings (SSSR count). The highest BCUT2D eigenvalue weighted by Gasteiger charge is 2.08. The standard InChI is InChI=1S/C9H14N4O4/c1-3-16-8(14)6-13-5-7(11-12-13)10-9(15)17-4-2/h5H,3-4,6H2,1-2H3,(H,10,15). The molecule has 0 fully saturated rings. The zero-order valence-electron chi connectivity index (χ0n) is 9.67. The van der Waals surface area contributed by atoms with E-state index >= 15 is 0 Å². The molecule has 1 amide bonds. The number of carbonyl (C=O) groups excluding carboxylic acids is 2. The van der Waals surface area contributed by atoms with Crippen LogP contribution in [-0.4, -0.2) is 40.3 Å². The molecule has 1 aromatic rings. The number of hydrogen-bond acceptors (Lipinski definition) is 6. The molecule has 0 aromatic carbocycles. The van der Waals surface area contributed by atoms with Crippen molar-refractivity contribution in [1.29, 1.82) is 0 Å². The average Bonchev–Trinajstić information content (AvgIpc) is 2.66. The first-order valence-electron chi connectivity index (χ1n) is 5.15. The highest BCUT2D eigenvalue weighted by molar-refractivity contribution is 5.82. The van der Waals surface area contributed by atoms with Crippen molar-refractivity contribution in [3.63, 3.8) is 0 Å². The fraction of sp³-hybridized carbons (Fsp3) is 0.556. The van der Waals surface area contributed by atoms with E-state index in [0.29, 0.717) is 6.61 Å². The van der Waals surface area contributed by atoms with Gasteiger partial charge in [-0.3, -0.25) is 10.1 Å². The van der Waals surface area contributed by atoms with Gasteiger partial charge in [0.25, 0.3) is 0 Å². The van der Waals surface area contributed by atoms with Gasteiger partial charge in [0.2, 0.25) is 0 Å². The molecule has 1 heterocycles. The number of nitrogens with one attached hydrogen (secondary N) is 1. The van der Waals surface area contributed by atoms with E-state index in [-0.39, 0.29) is 19.0 Å². The third-order valence-electron chi connectivity index (χ3n) is 1.64. The molecule has 8 heteroatoms. The molecule has 0 atom stereocenters. The van der Waals surface area contributed by atoms with Crippen molar-refractivity contribution in [2.24, 2.45) is 0 Å². The molecule has 1 N–H and O–H groups in total. The molecule has 0 spiro atoms. The normalized spacial score (nSPS) is 9.76. The van der Waals surface area contributed by atoms with Crippen LogP contribution in [0.3, 0.4) is 0 Å². The van der Waals surface area contributed by atoms with Crippen LogP contribution < -0.4 is 5.32 Å². The highest BCUT2D eigenvalue weighted by Crippen LogP contribution is 2.01. The van der Waals surface area contributed by atoms with Gasteiger partial charge in [-0.05, 0) is 13.8 Å². The van der Waals surface area contributed by atoms with Crippen molar-refractivity contribution in [1.82, 2.24) is 15.0 Å². The van der Waals surface area contributed by atoms with Crippen molar-refractivity contribution >= 4 is 17.9 Å². The number of amides is 1. The first-order chi connectivity index (χ1) is 8.15. The van der Waals surface area contributed by atoms with E-state index in [1.165, 1.54) is 10.9 Å². The van der Waals surface area contributed by atoms with E-state index in [2.05, 4.69) is 20.4 Å². The summed E-state index contributed by atoms with van der Waals surface area (Å²) in [5, 5.41) is 9.65. The van der Waals surface area contributed by atoms with E-state index < -0.39 is 12.1 Å². The van der Waals surface area contributed by atoms with Gasteiger partial charge in [-0.1, -0.05) is 5.21 Å². The molecule has 0 saturated heterocycles. The molecule has 8 nitrogen and oxygen atoms in total. The molecule has 94 valence electrons. The number of hydrogen-bond donors (Lipinski definition) is 1. The van der Waals surface area contributed by atoms with Crippen LogP contribution in [-0.2, 0) is 20.8 Å². The Hall–Kier alpha value is -2.12. The summed E-state index contributed by atoms with van der Waals surface area (Å²) in [4.78, 5) is 22.2. The summed E-state index contributed by atoms with van der Waals surface area (Å²) in [6.07, 6.45) is 0.795. The zero-order valence-corrected chi connectivity index (χ0v) is 9.67. The highest BCUT2D eigenvalue weighted by atomic mass is 16.5. The van der Waals surface area contributed by atoms with Crippen molar-refractivity contribution in [2.45, 2.75) is 20.4 Å². The SMILES string of the molecule is CCOC(=O)Cn1cc(NC(=O)OCC)nn1. The van der Waals surface area contributed by atoms with Crippen molar-refractivity contribution in [2.75, 3.05) is 18.5 Å². The second-order valence-electron chi connectivity index (χ2n) is 2.95. The Morgan fingerprint density at radius 3 is 2.71 bits per heavy atom. The molecule has 0 aliphatic heterocycles. The summed E-state index contributed by atoms with van der Waals surface area (Å²) in [6.45, 7) is 3.93. The van der Waals surface area contributed by atoms with Gasteiger partial charge in [0.1, 0.15) is 6.54 Å². The van der Waals surface area contributed by atoms with Gasteiger partial charge in [0, 0.05) is 0 Å². The van der Waals surface area contributed by atoms with Crippen molar-refractivity contribution in [3.8, 4) is 0 Å². The fourth-order valence-corrected chi connectivity index (χ4v) is 1.04. The zero-order chi connectivity index (χ0) is 12.7. The van der Waals surface area contributed by atoms with Gasteiger partial charge in [-0.15, -0.1) is 5.10 Å². The van der Waals surface area contributed by atoms with E-state index in [4.69, 9.17) is 4.74 Å². The third kappa shape index (κ3) is 4.49. The first-order valence-corrected chi connectivity index (χ1v) is 5.15. The number of ether oxygens (including phenoxy) is 2. The lowest BCUT2D eigenvalue weighted by atomic mass is 10.6. The summed E-state index contributed by atoms with van der Waals surface area (Å²) >= 11 is 0.